The van der Waals surface area contributed by atoms with Gasteiger partial charge in [0.05, 0.1) is 7.11 Å². The number of methoxy groups -OCH3 is 1. The van der Waals surface area contributed by atoms with Crippen molar-refractivity contribution in [3.05, 3.63) is 83.4 Å². The third-order valence-electron chi connectivity index (χ3n) is 8.46. The molecule has 1 heterocycles. The average molecular weight is 499 g/mol. The maximum atomic E-state index is 14.2. The van der Waals surface area contributed by atoms with E-state index in [0.29, 0.717) is 13.0 Å². The van der Waals surface area contributed by atoms with Crippen LogP contribution in [-0.4, -0.2) is 35.4 Å². The van der Waals surface area contributed by atoms with Gasteiger partial charge in [0.25, 0.3) is 5.91 Å². The molecule has 0 aromatic heterocycles. The first kappa shape index (κ1) is 25.3. The molecule has 37 heavy (non-hydrogen) atoms. The standard InChI is InChI=1S/C32H38N2O3/c1-32(31(36)33-27-11-7-4-8-12-27)21-26-16-15-25(17-20-29(26)24-9-5-3-6-10-24)30(35)34(32)22-23-13-18-28(37-2)19-14-23/h3,5-6,9-10,13-14,17-20,26-27H,4,7-8,11-12,15-16,21-22H2,1-2H3,(H,33,36). The van der Waals surface area contributed by atoms with Crippen LogP contribution in [0.5, 0.6) is 5.75 Å². The number of likely N-dealkylation sites (tertiary alicyclic amines) is 1. The van der Waals surface area contributed by atoms with Crippen molar-refractivity contribution in [2.75, 3.05) is 7.11 Å². The van der Waals surface area contributed by atoms with Crippen LogP contribution in [0.3, 0.4) is 0 Å². The SMILES string of the molecule is COc1ccc(CN2C(=O)C3=CC=C(c4ccccc4)C(CC3)CC2(C)C(=O)NC2CCCCC2)cc1. The number of fused-ring (bicyclic) bond motifs is 3. The summed E-state index contributed by atoms with van der Waals surface area (Å²) < 4.78 is 5.33. The maximum absolute atomic E-state index is 14.2. The Bertz CT molecular complexity index is 1180. The van der Waals surface area contributed by atoms with E-state index in [2.05, 4.69) is 35.7 Å². The molecule has 2 bridgehead atoms. The summed E-state index contributed by atoms with van der Waals surface area (Å²) in [5, 5.41) is 3.37. The highest BCUT2D eigenvalue weighted by atomic mass is 16.5. The minimum atomic E-state index is -0.975. The predicted octanol–water partition coefficient (Wildman–Crippen LogP) is 6.06. The summed E-state index contributed by atoms with van der Waals surface area (Å²) in [4.78, 5) is 30.1. The minimum absolute atomic E-state index is 0.0261. The van der Waals surface area contributed by atoms with Gasteiger partial charge in [0.15, 0.2) is 0 Å². The number of rotatable bonds is 6. The summed E-state index contributed by atoms with van der Waals surface area (Å²) in [6, 6.07) is 18.4. The monoisotopic (exact) mass is 498 g/mol. The van der Waals surface area contributed by atoms with Crippen molar-refractivity contribution in [3.63, 3.8) is 0 Å². The lowest BCUT2D eigenvalue weighted by molar-refractivity contribution is -0.147. The van der Waals surface area contributed by atoms with Gasteiger partial charge < -0.3 is 15.0 Å². The molecule has 1 N–H and O–H groups in total. The molecule has 1 saturated carbocycles. The lowest BCUT2D eigenvalue weighted by atomic mass is 9.76. The molecule has 0 spiro atoms. The van der Waals surface area contributed by atoms with Gasteiger partial charge in [-0.1, -0.05) is 73.9 Å². The summed E-state index contributed by atoms with van der Waals surface area (Å²) in [5.74, 6) is 0.878. The van der Waals surface area contributed by atoms with Gasteiger partial charge in [-0.15, -0.1) is 0 Å². The molecule has 2 atom stereocenters. The fourth-order valence-electron chi connectivity index (χ4n) is 6.20. The molecule has 2 aromatic rings. The summed E-state index contributed by atoms with van der Waals surface area (Å²) >= 11 is 0. The number of hydrogen-bond donors (Lipinski definition) is 1. The number of allylic oxidation sites excluding steroid dienone is 3. The van der Waals surface area contributed by atoms with Crippen molar-refractivity contribution >= 4 is 17.4 Å². The van der Waals surface area contributed by atoms with Gasteiger partial charge in [0.1, 0.15) is 11.3 Å². The number of amides is 2. The number of benzene rings is 2. The van der Waals surface area contributed by atoms with E-state index < -0.39 is 5.54 Å². The van der Waals surface area contributed by atoms with Gasteiger partial charge in [0, 0.05) is 18.2 Å². The van der Waals surface area contributed by atoms with Crippen LogP contribution in [0.1, 0.15) is 69.4 Å². The fourth-order valence-corrected chi connectivity index (χ4v) is 6.20. The number of hydrogen-bond acceptors (Lipinski definition) is 3. The second-order valence-electron chi connectivity index (χ2n) is 10.9. The Morgan fingerprint density at radius 2 is 1.73 bits per heavy atom. The van der Waals surface area contributed by atoms with Gasteiger partial charge in [-0.3, -0.25) is 9.59 Å². The zero-order valence-electron chi connectivity index (χ0n) is 22.0. The van der Waals surface area contributed by atoms with Crippen LogP contribution in [0.15, 0.2) is 72.3 Å². The third-order valence-corrected chi connectivity index (χ3v) is 8.46. The van der Waals surface area contributed by atoms with E-state index >= 15 is 0 Å². The fraction of sp³-hybridized carbons (Fsp3) is 0.438. The summed E-state index contributed by atoms with van der Waals surface area (Å²) in [6.07, 6.45) is 11.8. The topological polar surface area (TPSA) is 58.6 Å². The van der Waals surface area contributed by atoms with Crippen LogP contribution >= 0.6 is 0 Å². The van der Waals surface area contributed by atoms with Gasteiger partial charge >= 0.3 is 0 Å². The first-order chi connectivity index (χ1) is 18.0. The molecule has 2 unspecified atom stereocenters. The van der Waals surface area contributed by atoms with E-state index in [-0.39, 0.29) is 23.8 Å². The Morgan fingerprint density at radius 1 is 1.00 bits per heavy atom. The van der Waals surface area contributed by atoms with Gasteiger partial charge in [-0.2, -0.15) is 0 Å². The Kier molecular flexibility index (Phi) is 7.50. The summed E-state index contributed by atoms with van der Waals surface area (Å²) in [6.45, 7) is 2.36. The lowest BCUT2D eigenvalue weighted by Gasteiger charge is -2.45. The van der Waals surface area contributed by atoms with Crippen LogP contribution in [0.4, 0.5) is 0 Å². The molecule has 5 rings (SSSR count). The van der Waals surface area contributed by atoms with Gasteiger partial charge in [-0.25, -0.2) is 0 Å². The second kappa shape index (κ2) is 11.0. The van der Waals surface area contributed by atoms with Crippen molar-refractivity contribution in [2.24, 2.45) is 5.92 Å². The van der Waals surface area contributed by atoms with Crippen LogP contribution in [-0.2, 0) is 16.1 Å². The summed E-state index contributed by atoms with van der Waals surface area (Å²) in [7, 11) is 1.65. The number of nitrogens with one attached hydrogen (secondary N) is 1. The van der Waals surface area contributed by atoms with Crippen molar-refractivity contribution in [1.82, 2.24) is 10.2 Å². The number of ether oxygens (including phenoxy) is 1. The average Bonchev–Trinajstić information content (AvgIpc) is 3.12. The van der Waals surface area contributed by atoms with Crippen LogP contribution < -0.4 is 10.1 Å². The molecule has 1 saturated heterocycles. The second-order valence-corrected chi connectivity index (χ2v) is 10.9. The molecule has 2 aliphatic carbocycles. The molecule has 3 aliphatic rings. The normalized spacial score (nSPS) is 24.4. The number of carbonyl (C=O) groups is 2. The Labute approximate surface area is 220 Å². The van der Waals surface area contributed by atoms with Gasteiger partial charge in [0.2, 0.25) is 5.91 Å². The van der Waals surface area contributed by atoms with Crippen LogP contribution in [0.25, 0.3) is 5.57 Å². The highest BCUT2D eigenvalue weighted by molar-refractivity contribution is 6.00. The van der Waals surface area contributed by atoms with Crippen molar-refractivity contribution < 1.29 is 14.3 Å². The third kappa shape index (κ3) is 5.36. The van der Waals surface area contributed by atoms with Crippen LogP contribution in [0.2, 0.25) is 0 Å². The van der Waals surface area contributed by atoms with E-state index in [1.165, 1.54) is 12.0 Å². The van der Waals surface area contributed by atoms with Gasteiger partial charge in [-0.05, 0) is 73.8 Å². The Hall–Kier alpha value is -3.34. The number of nitrogens with zero attached hydrogens (tertiary/aromatic N) is 1. The zero-order valence-corrected chi connectivity index (χ0v) is 22.0. The number of carbonyl (C=O) groups excluding carboxylic acids is 2. The first-order valence-electron chi connectivity index (χ1n) is 13.7. The first-order valence-corrected chi connectivity index (χ1v) is 13.7. The Morgan fingerprint density at radius 3 is 2.43 bits per heavy atom. The van der Waals surface area contributed by atoms with E-state index in [1.54, 1.807) is 7.11 Å². The molecule has 5 nitrogen and oxygen atoms in total. The molecular weight excluding hydrogens is 460 g/mol. The van der Waals surface area contributed by atoms with Crippen molar-refractivity contribution in [3.8, 4) is 5.75 Å². The summed E-state index contributed by atoms with van der Waals surface area (Å²) in [5.41, 5.74) is 3.16. The molecule has 2 amide bonds. The molecule has 5 heteroatoms. The highest BCUT2D eigenvalue weighted by Gasteiger charge is 2.47. The molecule has 1 aliphatic heterocycles. The maximum Gasteiger partial charge on any atom is 0.250 e. The van der Waals surface area contributed by atoms with Crippen molar-refractivity contribution in [1.29, 1.82) is 0 Å². The van der Waals surface area contributed by atoms with Crippen LogP contribution in [0, 0.1) is 5.92 Å². The smallest absolute Gasteiger partial charge is 0.250 e. The molecule has 194 valence electrons. The predicted molar refractivity (Wildman–Crippen MR) is 147 cm³/mol. The molecule has 2 fully saturated rings. The zero-order chi connectivity index (χ0) is 25.8. The molecule has 2 aromatic carbocycles. The van der Waals surface area contributed by atoms with E-state index in [1.807, 2.05) is 48.2 Å². The quantitative estimate of drug-likeness (QED) is 0.527. The lowest BCUT2D eigenvalue weighted by Crippen LogP contribution is -2.61. The molecular formula is C32H38N2O3. The minimum Gasteiger partial charge on any atom is -0.497 e. The molecule has 0 radical (unpaired) electrons. The largest absolute Gasteiger partial charge is 0.497 e. The van der Waals surface area contributed by atoms with Crippen molar-refractivity contribution in [2.45, 2.75) is 76.4 Å². The highest BCUT2D eigenvalue weighted by Crippen LogP contribution is 2.42. The Balaban J connectivity index is 1.53. The van der Waals surface area contributed by atoms with E-state index in [0.717, 1.165) is 61.0 Å². The van der Waals surface area contributed by atoms with E-state index in [4.69, 9.17) is 4.74 Å². The van der Waals surface area contributed by atoms with E-state index in [9.17, 15) is 9.59 Å².